The number of hydrogen-bond acceptors (Lipinski definition) is 2. The lowest BCUT2D eigenvalue weighted by Gasteiger charge is -2.20. The molecule has 1 saturated heterocycles. The highest BCUT2D eigenvalue weighted by Crippen LogP contribution is 2.19. The minimum absolute atomic E-state index is 0.0700. The second-order valence-corrected chi connectivity index (χ2v) is 4.15. The van der Waals surface area contributed by atoms with Gasteiger partial charge >= 0.3 is 0 Å². The number of ether oxygens (including phenoxy) is 1. The minimum Gasteiger partial charge on any atom is -0.381 e. The van der Waals surface area contributed by atoms with Crippen molar-refractivity contribution in [3.05, 3.63) is 35.4 Å². The Morgan fingerprint density at radius 2 is 2.33 bits per heavy atom. The summed E-state index contributed by atoms with van der Waals surface area (Å²) in [5, 5.41) is 0. The predicted octanol–water partition coefficient (Wildman–Crippen LogP) is 2.60. The summed E-state index contributed by atoms with van der Waals surface area (Å²) in [5.41, 5.74) is 1.96. The summed E-state index contributed by atoms with van der Waals surface area (Å²) in [6, 6.07) is 7.79. The van der Waals surface area contributed by atoms with E-state index in [-0.39, 0.29) is 11.7 Å². The summed E-state index contributed by atoms with van der Waals surface area (Å²) in [7, 11) is 0. The molecule has 0 amide bonds. The molecular formula is C13H16O2. The lowest BCUT2D eigenvalue weighted by atomic mass is 9.92. The number of hydrogen-bond donors (Lipinski definition) is 0. The van der Waals surface area contributed by atoms with Gasteiger partial charge in [-0.25, -0.2) is 0 Å². The molecule has 0 spiro atoms. The van der Waals surface area contributed by atoms with E-state index in [1.165, 1.54) is 0 Å². The standard InChI is InChI=1S/C13H16O2/c1-10-4-2-5-11(8-10)13(14)12-6-3-7-15-9-12/h2,4-5,8,12H,3,6-7,9H2,1H3. The number of rotatable bonds is 2. The lowest BCUT2D eigenvalue weighted by molar-refractivity contribution is 0.0461. The Bertz CT molecular complexity index is 351. The van der Waals surface area contributed by atoms with Gasteiger partial charge in [-0.15, -0.1) is 0 Å². The molecule has 0 aliphatic carbocycles. The van der Waals surface area contributed by atoms with Gasteiger partial charge in [0.05, 0.1) is 6.61 Å². The number of ketones is 1. The molecule has 0 aromatic heterocycles. The maximum Gasteiger partial charge on any atom is 0.168 e. The zero-order chi connectivity index (χ0) is 10.7. The third kappa shape index (κ3) is 2.45. The van der Waals surface area contributed by atoms with Gasteiger partial charge in [-0.05, 0) is 25.8 Å². The summed E-state index contributed by atoms with van der Waals surface area (Å²) < 4.78 is 5.33. The van der Waals surface area contributed by atoms with E-state index in [9.17, 15) is 4.79 Å². The van der Waals surface area contributed by atoms with Crippen LogP contribution >= 0.6 is 0 Å². The maximum atomic E-state index is 12.1. The van der Waals surface area contributed by atoms with Crippen LogP contribution in [0.25, 0.3) is 0 Å². The van der Waals surface area contributed by atoms with E-state index in [2.05, 4.69) is 0 Å². The Kier molecular flexibility index (Phi) is 3.17. The van der Waals surface area contributed by atoms with Gasteiger partial charge in [-0.2, -0.15) is 0 Å². The summed E-state index contributed by atoms with van der Waals surface area (Å²) >= 11 is 0. The van der Waals surface area contributed by atoms with Gasteiger partial charge in [0, 0.05) is 18.1 Å². The van der Waals surface area contributed by atoms with Crippen molar-refractivity contribution in [1.82, 2.24) is 0 Å². The highest BCUT2D eigenvalue weighted by Gasteiger charge is 2.22. The SMILES string of the molecule is Cc1cccc(C(=O)C2CCCOC2)c1. The number of carbonyl (C=O) groups excluding carboxylic acids is 1. The Morgan fingerprint density at radius 3 is 3.00 bits per heavy atom. The molecule has 15 heavy (non-hydrogen) atoms. The van der Waals surface area contributed by atoms with Gasteiger partial charge in [0.15, 0.2) is 5.78 Å². The van der Waals surface area contributed by atoms with E-state index < -0.39 is 0 Å². The number of carbonyl (C=O) groups is 1. The molecule has 1 atom stereocenters. The summed E-state index contributed by atoms with van der Waals surface area (Å²) in [4.78, 5) is 12.1. The van der Waals surface area contributed by atoms with E-state index in [1.54, 1.807) is 0 Å². The molecule has 1 unspecified atom stereocenters. The molecule has 1 aliphatic heterocycles. The van der Waals surface area contributed by atoms with Gasteiger partial charge < -0.3 is 4.74 Å². The molecule has 80 valence electrons. The lowest BCUT2D eigenvalue weighted by Crippen LogP contribution is -2.25. The van der Waals surface area contributed by atoms with E-state index in [0.29, 0.717) is 6.61 Å². The van der Waals surface area contributed by atoms with E-state index in [4.69, 9.17) is 4.74 Å². The molecule has 1 fully saturated rings. The second kappa shape index (κ2) is 4.58. The second-order valence-electron chi connectivity index (χ2n) is 4.15. The van der Waals surface area contributed by atoms with E-state index in [1.807, 2.05) is 31.2 Å². The fourth-order valence-electron chi connectivity index (χ4n) is 1.98. The van der Waals surface area contributed by atoms with Crippen molar-refractivity contribution in [2.45, 2.75) is 19.8 Å². The zero-order valence-electron chi connectivity index (χ0n) is 9.03. The van der Waals surface area contributed by atoms with Crippen molar-refractivity contribution < 1.29 is 9.53 Å². The Hall–Kier alpha value is -1.15. The summed E-state index contributed by atoms with van der Waals surface area (Å²) in [6.07, 6.45) is 1.97. The van der Waals surface area contributed by atoms with Crippen LogP contribution in [0, 0.1) is 12.8 Å². The Balaban J connectivity index is 2.12. The van der Waals surface area contributed by atoms with Gasteiger partial charge in [0.25, 0.3) is 0 Å². The van der Waals surface area contributed by atoms with Crippen molar-refractivity contribution >= 4 is 5.78 Å². The molecular weight excluding hydrogens is 188 g/mol. The summed E-state index contributed by atoms with van der Waals surface area (Å²) in [6.45, 7) is 3.40. The first-order valence-electron chi connectivity index (χ1n) is 5.46. The number of Topliss-reactive ketones (excluding diaryl/α,β-unsaturated/α-hetero) is 1. The summed E-state index contributed by atoms with van der Waals surface area (Å²) in [5.74, 6) is 0.305. The topological polar surface area (TPSA) is 26.3 Å². The van der Waals surface area contributed by atoms with Gasteiger partial charge in [-0.3, -0.25) is 4.79 Å². The van der Waals surface area contributed by atoms with Crippen molar-refractivity contribution in [1.29, 1.82) is 0 Å². The number of aryl methyl sites for hydroxylation is 1. The molecule has 2 nitrogen and oxygen atoms in total. The first-order chi connectivity index (χ1) is 7.27. The van der Waals surface area contributed by atoms with Gasteiger partial charge in [0.1, 0.15) is 0 Å². The average molecular weight is 204 g/mol. The van der Waals surface area contributed by atoms with Crippen LogP contribution in [0.1, 0.15) is 28.8 Å². The van der Waals surface area contributed by atoms with Crippen LogP contribution in [-0.2, 0) is 4.74 Å². The van der Waals surface area contributed by atoms with E-state index >= 15 is 0 Å². The van der Waals surface area contributed by atoms with Crippen molar-refractivity contribution in [2.24, 2.45) is 5.92 Å². The highest BCUT2D eigenvalue weighted by molar-refractivity contribution is 5.98. The largest absolute Gasteiger partial charge is 0.381 e. The van der Waals surface area contributed by atoms with Crippen LogP contribution in [0.15, 0.2) is 24.3 Å². The highest BCUT2D eigenvalue weighted by atomic mass is 16.5. The predicted molar refractivity (Wildman–Crippen MR) is 59.1 cm³/mol. The molecule has 0 saturated carbocycles. The van der Waals surface area contributed by atoms with Crippen LogP contribution in [0.2, 0.25) is 0 Å². The first-order valence-corrected chi connectivity index (χ1v) is 5.46. The van der Waals surface area contributed by atoms with Gasteiger partial charge in [0.2, 0.25) is 0 Å². The number of benzene rings is 1. The zero-order valence-corrected chi connectivity index (χ0v) is 9.03. The molecule has 2 rings (SSSR count). The molecule has 1 aromatic rings. The van der Waals surface area contributed by atoms with Crippen LogP contribution in [0.5, 0.6) is 0 Å². The molecule has 1 heterocycles. The van der Waals surface area contributed by atoms with Crippen LogP contribution in [-0.4, -0.2) is 19.0 Å². The molecule has 0 radical (unpaired) electrons. The van der Waals surface area contributed by atoms with E-state index in [0.717, 1.165) is 30.6 Å². The van der Waals surface area contributed by atoms with Crippen molar-refractivity contribution in [2.75, 3.05) is 13.2 Å². The monoisotopic (exact) mass is 204 g/mol. The maximum absolute atomic E-state index is 12.1. The van der Waals surface area contributed by atoms with Crippen LogP contribution in [0.4, 0.5) is 0 Å². The molecule has 0 bridgehead atoms. The fourth-order valence-corrected chi connectivity index (χ4v) is 1.98. The third-order valence-electron chi connectivity index (χ3n) is 2.83. The minimum atomic E-state index is 0.0700. The molecule has 1 aliphatic rings. The fraction of sp³-hybridized carbons (Fsp3) is 0.462. The smallest absolute Gasteiger partial charge is 0.168 e. The normalized spacial score (nSPS) is 21.3. The Morgan fingerprint density at radius 1 is 1.47 bits per heavy atom. The quantitative estimate of drug-likeness (QED) is 0.692. The van der Waals surface area contributed by atoms with Crippen LogP contribution in [0.3, 0.4) is 0 Å². The van der Waals surface area contributed by atoms with Gasteiger partial charge in [-0.1, -0.05) is 23.8 Å². The van der Waals surface area contributed by atoms with Crippen molar-refractivity contribution in [3.63, 3.8) is 0 Å². The van der Waals surface area contributed by atoms with Crippen molar-refractivity contribution in [3.8, 4) is 0 Å². The third-order valence-corrected chi connectivity index (χ3v) is 2.83. The van der Waals surface area contributed by atoms with Crippen LogP contribution < -0.4 is 0 Å². The molecule has 2 heteroatoms. The Labute approximate surface area is 90.3 Å². The molecule has 0 N–H and O–H groups in total. The molecule has 1 aromatic carbocycles. The first kappa shape index (κ1) is 10.4. The average Bonchev–Trinajstić information content (AvgIpc) is 2.29.